The largest absolute Gasteiger partial charge is 0.483 e. The predicted octanol–water partition coefficient (Wildman–Crippen LogP) is 2.42. The lowest BCUT2D eigenvalue weighted by molar-refractivity contribution is -0.132. The highest BCUT2D eigenvalue weighted by molar-refractivity contribution is 5.78. The van der Waals surface area contributed by atoms with Crippen LogP contribution in [0.1, 0.15) is 38.2 Å². The van der Waals surface area contributed by atoms with Crippen LogP contribution in [0.2, 0.25) is 0 Å². The zero-order chi connectivity index (χ0) is 15.2. The third kappa shape index (κ3) is 4.21. The zero-order valence-corrected chi connectivity index (χ0v) is 12.9. The maximum Gasteiger partial charge on any atom is 0.260 e. The number of hydrogen-bond acceptors (Lipinski definition) is 3. The number of amides is 1. The van der Waals surface area contributed by atoms with Crippen LogP contribution in [0.4, 0.5) is 0 Å². The Hall–Kier alpha value is -1.55. The molecule has 1 aromatic rings. The number of nitrogens with zero attached hydrogens (tertiary/aromatic N) is 1. The summed E-state index contributed by atoms with van der Waals surface area (Å²) in [6, 6.07) is 7.88. The van der Waals surface area contributed by atoms with Gasteiger partial charge < -0.3 is 14.7 Å². The van der Waals surface area contributed by atoms with Gasteiger partial charge in [-0.2, -0.15) is 0 Å². The van der Waals surface area contributed by atoms with Crippen LogP contribution < -0.4 is 4.74 Å². The number of ether oxygens (including phenoxy) is 1. The molecule has 1 unspecified atom stereocenters. The molecule has 0 aromatic heterocycles. The van der Waals surface area contributed by atoms with Crippen molar-refractivity contribution in [1.29, 1.82) is 0 Å². The highest BCUT2D eigenvalue weighted by atomic mass is 16.5. The van der Waals surface area contributed by atoms with E-state index in [0.29, 0.717) is 11.8 Å². The topological polar surface area (TPSA) is 49.8 Å². The first-order chi connectivity index (χ1) is 10.1. The first kappa shape index (κ1) is 15.8. The van der Waals surface area contributed by atoms with Crippen molar-refractivity contribution in [2.45, 2.75) is 32.6 Å². The minimum absolute atomic E-state index is 0.0361. The van der Waals surface area contributed by atoms with Gasteiger partial charge in [-0.15, -0.1) is 0 Å². The van der Waals surface area contributed by atoms with Crippen molar-refractivity contribution in [3.63, 3.8) is 0 Å². The van der Waals surface area contributed by atoms with Crippen molar-refractivity contribution < 1.29 is 14.6 Å². The number of carbonyl (C=O) groups is 1. The molecule has 1 amide bonds. The Balaban J connectivity index is 1.87. The third-order valence-corrected chi connectivity index (χ3v) is 4.07. The summed E-state index contributed by atoms with van der Waals surface area (Å²) in [6.07, 6.45) is 1.76. The van der Waals surface area contributed by atoms with E-state index in [-0.39, 0.29) is 19.1 Å². The summed E-state index contributed by atoms with van der Waals surface area (Å²) < 4.78 is 5.73. The summed E-state index contributed by atoms with van der Waals surface area (Å²) in [5, 5.41) is 8.96. The van der Waals surface area contributed by atoms with Crippen molar-refractivity contribution in [2.24, 2.45) is 5.92 Å². The minimum atomic E-state index is 0.0361. The Labute approximate surface area is 126 Å². The normalized spacial score (nSPS) is 18.3. The van der Waals surface area contributed by atoms with Crippen LogP contribution in [-0.4, -0.2) is 42.2 Å². The summed E-state index contributed by atoms with van der Waals surface area (Å²) in [6.45, 7) is 6.04. The molecular weight excluding hydrogens is 266 g/mol. The fraction of sp³-hybridized carbons (Fsp3) is 0.588. The van der Waals surface area contributed by atoms with Gasteiger partial charge in [-0.3, -0.25) is 4.79 Å². The van der Waals surface area contributed by atoms with Gasteiger partial charge in [-0.25, -0.2) is 0 Å². The molecule has 1 aromatic carbocycles. The van der Waals surface area contributed by atoms with Crippen molar-refractivity contribution in [3.05, 3.63) is 29.8 Å². The lowest BCUT2D eigenvalue weighted by Gasteiger charge is -2.18. The SMILES string of the molecule is CC(C)c1ccccc1OCC(=O)N1CCC(CCO)C1. The molecule has 116 valence electrons. The second-order valence-electron chi connectivity index (χ2n) is 5.99. The second-order valence-corrected chi connectivity index (χ2v) is 5.99. The molecule has 4 heteroatoms. The van der Waals surface area contributed by atoms with E-state index in [0.717, 1.165) is 37.2 Å². The van der Waals surface area contributed by atoms with Crippen molar-refractivity contribution >= 4 is 5.91 Å². The summed E-state index contributed by atoms with van der Waals surface area (Å²) >= 11 is 0. The third-order valence-electron chi connectivity index (χ3n) is 4.07. The van der Waals surface area contributed by atoms with Gasteiger partial charge in [0.25, 0.3) is 5.91 Å². The van der Waals surface area contributed by atoms with Gasteiger partial charge in [0.15, 0.2) is 6.61 Å². The number of hydrogen-bond donors (Lipinski definition) is 1. The number of carbonyl (C=O) groups excluding carboxylic acids is 1. The number of rotatable bonds is 6. The van der Waals surface area contributed by atoms with E-state index in [1.54, 1.807) is 0 Å². The van der Waals surface area contributed by atoms with Gasteiger partial charge in [0, 0.05) is 19.7 Å². The Kier molecular flexibility index (Phi) is 5.62. The molecule has 1 fully saturated rings. The van der Waals surface area contributed by atoms with Crippen LogP contribution >= 0.6 is 0 Å². The number of benzene rings is 1. The quantitative estimate of drug-likeness (QED) is 0.875. The van der Waals surface area contributed by atoms with Crippen molar-refractivity contribution in [2.75, 3.05) is 26.3 Å². The van der Waals surface area contributed by atoms with Gasteiger partial charge in [0.05, 0.1) is 0 Å². The average Bonchev–Trinajstić information content (AvgIpc) is 2.94. The number of aliphatic hydroxyl groups is 1. The fourth-order valence-corrected chi connectivity index (χ4v) is 2.80. The maximum atomic E-state index is 12.2. The van der Waals surface area contributed by atoms with Gasteiger partial charge in [-0.05, 0) is 36.3 Å². The van der Waals surface area contributed by atoms with E-state index >= 15 is 0 Å². The van der Waals surface area contributed by atoms with Gasteiger partial charge >= 0.3 is 0 Å². The molecule has 21 heavy (non-hydrogen) atoms. The Morgan fingerprint density at radius 3 is 2.90 bits per heavy atom. The molecule has 0 radical (unpaired) electrons. The molecule has 1 saturated heterocycles. The first-order valence-electron chi connectivity index (χ1n) is 7.72. The van der Waals surface area contributed by atoms with Crippen molar-refractivity contribution in [1.82, 2.24) is 4.90 Å². The molecule has 2 rings (SSSR count). The highest BCUT2D eigenvalue weighted by Gasteiger charge is 2.26. The lowest BCUT2D eigenvalue weighted by Crippen LogP contribution is -2.33. The fourth-order valence-electron chi connectivity index (χ4n) is 2.80. The monoisotopic (exact) mass is 291 g/mol. The molecule has 0 spiro atoms. The molecule has 1 N–H and O–H groups in total. The van der Waals surface area contributed by atoms with E-state index in [1.165, 1.54) is 0 Å². The number of para-hydroxylation sites is 1. The lowest BCUT2D eigenvalue weighted by atomic mass is 10.0. The summed E-state index contributed by atoms with van der Waals surface area (Å²) in [4.78, 5) is 14.0. The molecule has 0 saturated carbocycles. The van der Waals surface area contributed by atoms with Gasteiger partial charge in [-0.1, -0.05) is 32.0 Å². The van der Waals surface area contributed by atoms with Crippen molar-refractivity contribution in [3.8, 4) is 5.75 Å². The standard InChI is InChI=1S/C17H25NO3/c1-13(2)15-5-3-4-6-16(15)21-12-17(20)18-9-7-14(11-18)8-10-19/h3-6,13-14,19H,7-12H2,1-2H3. The second kappa shape index (κ2) is 7.46. The molecule has 1 aliphatic rings. The van der Waals surface area contributed by atoms with E-state index in [4.69, 9.17) is 9.84 Å². The Morgan fingerprint density at radius 1 is 1.43 bits per heavy atom. The van der Waals surface area contributed by atoms with Crippen LogP contribution in [0.3, 0.4) is 0 Å². The van der Waals surface area contributed by atoms with Crippen LogP contribution in [-0.2, 0) is 4.79 Å². The summed E-state index contributed by atoms with van der Waals surface area (Å²) in [7, 11) is 0. The average molecular weight is 291 g/mol. The predicted molar refractivity (Wildman–Crippen MR) is 82.4 cm³/mol. The molecule has 1 aliphatic heterocycles. The summed E-state index contributed by atoms with van der Waals surface area (Å²) in [5.74, 6) is 1.64. The van der Waals surface area contributed by atoms with Gasteiger partial charge in [0.2, 0.25) is 0 Å². The molecule has 0 bridgehead atoms. The van der Waals surface area contributed by atoms with Crippen LogP contribution in [0.5, 0.6) is 5.75 Å². The molecule has 4 nitrogen and oxygen atoms in total. The van der Waals surface area contributed by atoms with E-state index in [9.17, 15) is 4.79 Å². The van der Waals surface area contributed by atoms with Crippen LogP contribution in [0, 0.1) is 5.92 Å². The summed E-state index contributed by atoms with van der Waals surface area (Å²) in [5.41, 5.74) is 1.13. The Morgan fingerprint density at radius 2 is 2.19 bits per heavy atom. The molecular formula is C17H25NO3. The minimum Gasteiger partial charge on any atom is -0.483 e. The molecule has 1 atom stereocenters. The Bertz CT molecular complexity index is 473. The molecule has 1 heterocycles. The van der Waals surface area contributed by atoms with Gasteiger partial charge in [0.1, 0.15) is 5.75 Å². The highest BCUT2D eigenvalue weighted by Crippen LogP contribution is 2.26. The smallest absolute Gasteiger partial charge is 0.260 e. The number of likely N-dealkylation sites (tertiary alicyclic amines) is 1. The first-order valence-corrected chi connectivity index (χ1v) is 7.72. The van der Waals surface area contributed by atoms with E-state index in [1.807, 2.05) is 29.2 Å². The van der Waals surface area contributed by atoms with Crippen LogP contribution in [0.25, 0.3) is 0 Å². The van der Waals surface area contributed by atoms with E-state index < -0.39 is 0 Å². The maximum absolute atomic E-state index is 12.2. The molecule has 0 aliphatic carbocycles. The van der Waals surface area contributed by atoms with Crippen LogP contribution in [0.15, 0.2) is 24.3 Å². The number of aliphatic hydroxyl groups excluding tert-OH is 1. The van der Waals surface area contributed by atoms with E-state index in [2.05, 4.69) is 13.8 Å². The zero-order valence-electron chi connectivity index (χ0n) is 12.9.